The van der Waals surface area contributed by atoms with E-state index < -0.39 is 0 Å². The lowest BCUT2D eigenvalue weighted by Gasteiger charge is -2.19. The molecule has 0 bridgehead atoms. The topological polar surface area (TPSA) is 0 Å². The van der Waals surface area contributed by atoms with Gasteiger partial charge in [-0.25, -0.2) is 0 Å². The molecular formula is C12H20. The summed E-state index contributed by atoms with van der Waals surface area (Å²) in [6, 6.07) is 8.69. The fourth-order valence-electron chi connectivity index (χ4n) is 1.11. The van der Waals surface area contributed by atoms with Gasteiger partial charge in [0.05, 0.1) is 0 Å². The first kappa shape index (κ1) is 11.2. The van der Waals surface area contributed by atoms with Crippen molar-refractivity contribution in [2.24, 2.45) is 0 Å². The highest BCUT2D eigenvalue weighted by molar-refractivity contribution is 5.27. The molecule has 0 atom stereocenters. The lowest BCUT2D eigenvalue weighted by atomic mass is 9.86. The first-order chi connectivity index (χ1) is 5.00. The Balaban J connectivity index is 0.00000121. The minimum absolute atomic E-state index is 0. The molecule has 1 aromatic carbocycles. The van der Waals surface area contributed by atoms with Crippen molar-refractivity contribution in [2.45, 2.75) is 40.5 Å². The lowest BCUT2D eigenvalue weighted by Crippen LogP contribution is -2.10. The fraction of sp³-hybridized carbons (Fsp3) is 0.500. The second-order valence-corrected chi connectivity index (χ2v) is 4.12. The Morgan fingerprint density at radius 2 is 1.67 bits per heavy atom. The fourth-order valence-corrected chi connectivity index (χ4v) is 1.11. The third-order valence-corrected chi connectivity index (χ3v) is 1.88. The summed E-state index contributed by atoms with van der Waals surface area (Å²) in [5.41, 5.74) is 3.04. The Bertz CT molecular complexity index is 240. The van der Waals surface area contributed by atoms with Gasteiger partial charge in [-0.05, 0) is 17.9 Å². The average molecular weight is 164 g/mol. The van der Waals surface area contributed by atoms with Crippen LogP contribution in [0, 0.1) is 6.92 Å². The number of hydrogen-bond acceptors (Lipinski definition) is 0. The molecule has 0 nitrogen and oxygen atoms in total. The van der Waals surface area contributed by atoms with Gasteiger partial charge in [0, 0.05) is 0 Å². The molecule has 0 radical (unpaired) electrons. The van der Waals surface area contributed by atoms with Crippen molar-refractivity contribution in [1.29, 1.82) is 0 Å². The van der Waals surface area contributed by atoms with E-state index in [1.54, 1.807) is 0 Å². The van der Waals surface area contributed by atoms with E-state index in [-0.39, 0.29) is 12.8 Å². The summed E-state index contributed by atoms with van der Waals surface area (Å²) < 4.78 is 0. The number of rotatable bonds is 0. The largest absolute Gasteiger partial charge is 0.0776 e. The van der Waals surface area contributed by atoms with Crippen molar-refractivity contribution in [1.82, 2.24) is 0 Å². The predicted octanol–water partition coefficient (Wildman–Crippen LogP) is 3.93. The van der Waals surface area contributed by atoms with E-state index in [4.69, 9.17) is 0 Å². The van der Waals surface area contributed by atoms with Crippen LogP contribution in [0.3, 0.4) is 0 Å². The number of aryl methyl sites for hydroxylation is 1. The van der Waals surface area contributed by atoms with Gasteiger partial charge in [0.2, 0.25) is 0 Å². The molecule has 1 rings (SSSR count). The van der Waals surface area contributed by atoms with Crippen molar-refractivity contribution in [2.75, 3.05) is 0 Å². The zero-order chi connectivity index (χ0) is 8.48. The molecule has 0 heteroatoms. The normalized spacial score (nSPS) is 10.7. The van der Waals surface area contributed by atoms with Gasteiger partial charge < -0.3 is 0 Å². The van der Waals surface area contributed by atoms with Crippen LogP contribution in [-0.2, 0) is 5.41 Å². The van der Waals surface area contributed by atoms with Gasteiger partial charge in [0.25, 0.3) is 0 Å². The molecule has 0 aromatic heterocycles. The summed E-state index contributed by atoms with van der Waals surface area (Å²) in [4.78, 5) is 0. The molecule has 0 aliphatic rings. The molecule has 0 fully saturated rings. The Kier molecular flexibility index (Phi) is 3.51. The standard InChI is InChI=1S/C11H16.CH4/c1-9-6-5-7-10(8-9)11(2,3)4;/h5-8H,1-4H3;1H4. The van der Waals surface area contributed by atoms with E-state index in [2.05, 4.69) is 52.0 Å². The van der Waals surface area contributed by atoms with Crippen molar-refractivity contribution >= 4 is 0 Å². The van der Waals surface area contributed by atoms with Crippen LogP contribution in [0.1, 0.15) is 39.3 Å². The minimum atomic E-state index is 0. The Morgan fingerprint density at radius 3 is 2.00 bits per heavy atom. The van der Waals surface area contributed by atoms with Gasteiger partial charge in [-0.3, -0.25) is 0 Å². The molecule has 1 aromatic rings. The molecule has 12 heavy (non-hydrogen) atoms. The summed E-state index contributed by atoms with van der Waals surface area (Å²) >= 11 is 0. The van der Waals surface area contributed by atoms with Crippen LogP contribution < -0.4 is 0 Å². The third-order valence-electron chi connectivity index (χ3n) is 1.88. The van der Waals surface area contributed by atoms with Gasteiger partial charge >= 0.3 is 0 Å². The second-order valence-electron chi connectivity index (χ2n) is 4.12. The SMILES string of the molecule is C.Cc1cccc(C(C)(C)C)c1. The maximum atomic E-state index is 2.25. The van der Waals surface area contributed by atoms with Gasteiger partial charge in [-0.15, -0.1) is 0 Å². The summed E-state index contributed by atoms with van der Waals surface area (Å²) in [5, 5.41) is 0. The van der Waals surface area contributed by atoms with E-state index in [0.29, 0.717) is 0 Å². The van der Waals surface area contributed by atoms with Gasteiger partial charge in [-0.1, -0.05) is 58.0 Å². The highest BCUT2D eigenvalue weighted by atomic mass is 14.2. The summed E-state index contributed by atoms with van der Waals surface area (Å²) in [6.07, 6.45) is 0. The van der Waals surface area contributed by atoms with Crippen LogP contribution in [0.25, 0.3) is 0 Å². The molecule has 0 aliphatic carbocycles. The van der Waals surface area contributed by atoms with E-state index in [1.807, 2.05) is 0 Å². The Hall–Kier alpha value is -0.780. The van der Waals surface area contributed by atoms with Crippen LogP contribution in [-0.4, -0.2) is 0 Å². The zero-order valence-electron chi connectivity index (χ0n) is 7.81. The van der Waals surface area contributed by atoms with Crippen molar-refractivity contribution < 1.29 is 0 Å². The summed E-state index contributed by atoms with van der Waals surface area (Å²) in [7, 11) is 0. The van der Waals surface area contributed by atoms with E-state index in [9.17, 15) is 0 Å². The zero-order valence-corrected chi connectivity index (χ0v) is 7.81. The summed E-state index contributed by atoms with van der Waals surface area (Å²) in [5.74, 6) is 0. The summed E-state index contributed by atoms with van der Waals surface area (Å²) in [6.45, 7) is 8.85. The third kappa shape index (κ3) is 2.69. The molecular weight excluding hydrogens is 144 g/mol. The molecule has 0 saturated carbocycles. The van der Waals surface area contributed by atoms with Crippen LogP contribution in [0.5, 0.6) is 0 Å². The van der Waals surface area contributed by atoms with Crippen molar-refractivity contribution in [3.8, 4) is 0 Å². The van der Waals surface area contributed by atoms with Crippen LogP contribution in [0.15, 0.2) is 24.3 Å². The molecule has 0 amide bonds. The monoisotopic (exact) mass is 164 g/mol. The van der Waals surface area contributed by atoms with Crippen molar-refractivity contribution in [3.05, 3.63) is 35.4 Å². The van der Waals surface area contributed by atoms with Crippen molar-refractivity contribution in [3.63, 3.8) is 0 Å². The van der Waals surface area contributed by atoms with E-state index in [1.165, 1.54) is 11.1 Å². The average Bonchev–Trinajstić information content (AvgIpc) is 1.86. The molecule has 68 valence electrons. The highest BCUT2D eigenvalue weighted by Crippen LogP contribution is 2.22. The quantitative estimate of drug-likeness (QED) is 0.545. The van der Waals surface area contributed by atoms with Crippen LogP contribution in [0.2, 0.25) is 0 Å². The maximum absolute atomic E-state index is 2.25. The van der Waals surface area contributed by atoms with Gasteiger partial charge in [-0.2, -0.15) is 0 Å². The molecule has 0 heterocycles. The first-order valence-corrected chi connectivity index (χ1v) is 4.07. The lowest BCUT2D eigenvalue weighted by molar-refractivity contribution is 0.590. The molecule has 0 spiro atoms. The highest BCUT2D eigenvalue weighted by Gasteiger charge is 2.12. The maximum Gasteiger partial charge on any atom is -0.0132 e. The van der Waals surface area contributed by atoms with Gasteiger partial charge in [0.1, 0.15) is 0 Å². The first-order valence-electron chi connectivity index (χ1n) is 4.07. The number of hydrogen-bond donors (Lipinski definition) is 0. The smallest absolute Gasteiger partial charge is 0.0132 e. The molecule has 0 N–H and O–H groups in total. The van der Waals surface area contributed by atoms with E-state index in [0.717, 1.165) is 0 Å². The molecule has 0 saturated heterocycles. The predicted molar refractivity (Wildman–Crippen MR) is 56.6 cm³/mol. The van der Waals surface area contributed by atoms with Gasteiger partial charge in [0.15, 0.2) is 0 Å². The Morgan fingerprint density at radius 1 is 1.08 bits per heavy atom. The molecule has 0 aliphatic heterocycles. The number of benzene rings is 1. The minimum Gasteiger partial charge on any atom is -0.0776 e. The van der Waals surface area contributed by atoms with Crippen LogP contribution in [0.4, 0.5) is 0 Å². The Labute approximate surface area is 76.6 Å². The second kappa shape index (κ2) is 3.75. The van der Waals surface area contributed by atoms with Crippen LogP contribution >= 0.6 is 0 Å². The van der Waals surface area contributed by atoms with E-state index >= 15 is 0 Å². The molecule has 0 unspecified atom stereocenters.